The number of hydrogen-bond acceptors (Lipinski definition) is 7. The molecule has 2 aromatic heterocycles. The Hall–Kier alpha value is -5.15. The Kier molecular flexibility index (Phi) is 10.8. The van der Waals surface area contributed by atoms with Crippen LogP contribution >= 0.6 is 0 Å². The highest BCUT2D eigenvalue weighted by atomic mass is 16.6. The van der Waals surface area contributed by atoms with Crippen molar-refractivity contribution < 1.29 is 19.0 Å². The maximum absolute atomic E-state index is 12.6. The summed E-state index contributed by atoms with van der Waals surface area (Å²) in [4.78, 5) is 21.9. The molecule has 9 nitrogen and oxygen atoms in total. The Bertz CT molecular complexity index is 2050. The zero-order chi connectivity index (χ0) is 37.0. The summed E-state index contributed by atoms with van der Waals surface area (Å²) in [5.41, 5.74) is 6.98. The molecule has 0 spiro atoms. The minimum absolute atomic E-state index is 0.192. The molecule has 1 amide bonds. The Morgan fingerprint density at radius 1 is 0.868 bits per heavy atom. The van der Waals surface area contributed by atoms with Crippen molar-refractivity contribution in [2.75, 3.05) is 26.2 Å². The van der Waals surface area contributed by atoms with Gasteiger partial charge in [0.1, 0.15) is 24.5 Å². The standard InChI is InChI=1S/C44H51N5O4/c1-31(34-20-26-49(27-21-34)43(50)53-44(2,3)4)48-24-22-35(23-25-48)36-16-17-37-39(28-36)47(5)46-41(37)38-18-19-40(51-29-32-12-8-6-9-13-32)45-42(38)52-30-33-14-10-7-11-15-33/h6-19,22,28,31,34H,20-21,23-27,29-30H2,1-5H3/t31-/m0/s1. The van der Waals surface area contributed by atoms with Crippen molar-refractivity contribution in [3.05, 3.63) is 114 Å². The molecule has 0 saturated carbocycles. The van der Waals surface area contributed by atoms with E-state index in [2.05, 4.69) is 36.1 Å². The normalized spacial score (nSPS) is 16.3. The second kappa shape index (κ2) is 15.8. The first-order chi connectivity index (χ1) is 25.6. The molecule has 1 saturated heterocycles. The first-order valence-electron chi connectivity index (χ1n) is 18.8. The molecule has 0 unspecified atom stereocenters. The van der Waals surface area contributed by atoms with Gasteiger partial charge in [-0.3, -0.25) is 9.58 Å². The van der Waals surface area contributed by atoms with E-state index in [1.165, 1.54) is 11.1 Å². The topological polar surface area (TPSA) is 82.0 Å². The fourth-order valence-electron chi connectivity index (χ4n) is 7.41. The van der Waals surface area contributed by atoms with Crippen LogP contribution in [0.25, 0.3) is 27.7 Å². The van der Waals surface area contributed by atoms with Gasteiger partial charge in [0, 0.05) is 50.7 Å². The monoisotopic (exact) mass is 713 g/mol. The van der Waals surface area contributed by atoms with Gasteiger partial charge in [-0.1, -0.05) is 72.8 Å². The molecule has 0 bridgehead atoms. The van der Waals surface area contributed by atoms with E-state index in [1.54, 1.807) is 0 Å². The number of fused-ring (bicyclic) bond motifs is 1. The lowest BCUT2D eigenvalue weighted by Gasteiger charge is -2.41. The first-order valence-corrected chi connectivity index (χ1v) is 18.8. The van der Waals surface area contributed by atoms with Gasteiger partial charge in [-0.2, -0.15) is 10.1 Å². The van der Waals surface area contributed by atoms with E-state index in [0.29, 0.717) is 36.9 Å². The molecule has 5 aromatic rings. The largest absolute Gasteiger partial charge is 0.473 e. The number of nitrogens with zero attached hydrogens (tertiary/aromatic N) is 5. The fraction of sp³-hybridized carbons (Fsp3) is 0.386. The van der Waals surface area contributed by atoms with E-state index in [9.17, 15) is 4.79 Å². The van der Waals surface area contributed by atoms with Crippen LogP contribution < -0.4 is 9.47 Å². The number of pyridine rings is 1. The summed E-state index contributed by atoms with van der Waals surface area (Å²) >= 11 is 0. The summed E-state index contributed by atoms with van der Waals surface area (Å²) in [5, 5.41) is 6.05. The van der Waals surface area contributed by atoms with Crippen LogP contribution in [0.15, 0.2) is 97.1 Å². The molecule has 3 aromatic carbocycles. The maximum atomic E-state index is 12.6. The number of amides is 1. The molecule has 0 N–H and O–H groups in total. The Morgan fingerprint density at radius 3 is 2.19 bits per heavy atom. The van der Waals surface area contributed by atoms with Gasteiger partial charge >= 0.3 is 6.09 Å². The summed E-state index contributed by atoms with van der Waals surface area (Å²) in [7, 11) is 2.00. The molecule has 2 aliphatic heterocycles. The number of likely N-dealkylation sites (tertiary alicyclic amines) is 1. The summed E-state index contributed by atoms with van der Waals surface area (Å²) in [6.07, 6.45) is 5.20. The van der Waals surface area contributed by atoms with Crippen LogP contribution in [0.3, 0.4) is 0 Å². The number of rotatable bonds is 10. The zero-order valence-corrected chi connectivity index (χ0v) is 31.6. The lowest BCUT2D eigenvalue weighted by molar-refractivity contribution is 0.0139. The molecule has 53 heavy (non-hydrogen) atoms. The number of carbonyl (C=O) groups excluding carboxylic acids is 1. The van der Waals surface area contributed by atoms with Crippen LogP contribution in [-0.4, -0.2) is 68.5 Å². The number of carbonyl (C=O) groups is 1. The summed E-state index contributed by atoms with van der Waals surface area (Å²) < 4.78 is 20.0. The molecule has 0 radical (unpaired) electrons. The van der Waals surface area contributed by atoms with Crippen molar-refractivity contribution >= 4 is 22.6 Å². The number of hydrogen-bond donors (Lipinski definition) is 0. The average Bonchev–Trinajstić information content (AvgIpc) is 3.51. The van der Waals surface area contributed by atoms with Gasteiger partial charge < -0.3 is 19.1 Å². The lowest BCUT2D eigenvalue weighted by atomic mass is 9.88. The fourth-order valence-corrected chi connectivity index (χ4v) is 7.41. The van der Waals surface area contributed by atoms with E-state index in [1.807, 2.05) is 110 Å². The molecule has 7 rings (SSSR count). The predicted molar refractivity (Wildman–Crippen MR) is 210 cm³/mol. The van der Waals surface area contributed by atoms with Crippen molar-refractivity contribution in [1.29, 1.82) is 0 Å². The third kappa shape index (κ3) is 8.74. The minimum Gasteiger partial charge on any atom is -0.473 e. The summed E-state index contributed by atoms with van der Waals surface area (Å²) in [6.45, 7) is 12.4. The molecule has 4 heterocycles. The van der Waals surface area contributed by atoms with Crippen molar-refractivity contribution in [2.24, 2.45) is 13.0 Å². The zero-order valence-electron chi connectivity index (χ0n) is 31.6. The van der Waals surface area contributed by atoms with Gasteiger partial charge in [-0.05, 0) is 93.3 Å². The maximum Gasteiger partial charge on any atom is 0.410 e. The quantitative estimate of drug-likeness (QED) is 0.143. The molecule has 1 atom stereocenters. The average molecular weight is 714 g/mol. The van der Waals surface area contributed by atoms with E-state index in [-0.39, 0.29) is 6.09 Å². The minimum atomic E-state index is -0.466. The van der Waals surface area contributed by atoms with Crippen LogP contribution in [0.4, 0.5) is 4.79 Å². The first kappa shape index (κ1) is 36.2. The van der Waals surface area contributed by atoms with Gasteiger partial charge in [-0.15, -0.1) is 0 Å². The molecule has 9 heteroatoms. The summed E-state index contributed by atoms with van der Waals surface area (Å²) in [6, 6.07) is 31.2. The molecule has 2 aliphatic rings. The van der Waals surface area contributed by atoms with Gasteiger partial charge in [0.2, 0.25) is 11.8 Å². The van der Waals surface area contributed by atoms with Gasteiger partial charge in [0.05, 0.1) is 11.1 Å². The number of ether oxygens (including phenoxy) is 3. The van der Waals surface area contributed by atoms with Crippen LogP contribution in [-0.2, 0) is 25.0 Å². The lowest BCUT2D eigenvalue weighted by Crippen LogP contribution is -2.47. The Labute approximate surface area is 313 Å². The van der Waals surface area contributed by atoms with Crippen molar-refractivity contribution in [1.82, 2.24) is 24.6 Å². The van der Waals surface area contributed by atoms with Crippen molar-refractivity contribution in [3.8, 4) is 23.0 Å². The second-order valence-corrected chi connectivity index (χ2v) is 15.3. The van der Waals surface area contributed by atoms with Crippen molar-refractivity contribution in [2.45, 2.75) is 71.8 Å². The van der Waals surface area contributed by atoms with E-state index >= 15 is 0 Å². The molecule has 1 fully saturated rings. The third-order valence-electron chi connectivity index (χ3n) is 10.5. The van der Waals surface area contributed by atoms with E-state index in [4.69, 9.17) is 24.3 Å². The highest BCUT2D eigenvalue weighted by Gasteiger charge is 2.32. The van der Waals surface area contributed by atoms with Gasteiger partial charge in [-0.25, -0.2) is 4.79 Å². The highest BCUT2D eigenvalue weighted by Crippen LogP contribution is 2.37. The second-order valence-electron chi connectivity index (χ2n) is 15.3. The number of piperidine rings is 1. The van der Waals surface area contributed by atoms with Crippen LogP contribution in [0.2, 0.25) is 0 Å². The predicted octanol–water partition coefficient (Wildman–Crippen LogP) is 8.92. The van der Waals surface area contributed by atoms with Gasteiger partial charge in [0.25, 0.3) is 0 Å². The Morgan fingerprint density at radius 2 is 1.55 bits per heavy atom. The molecule has 0 aliphatic carbocycles. The SMILES string of the molecule is C[C@@H](C1CCN(C(=O)OC(C)(C)C)CC1)N1CC=C(c2ccc3c(-c4ccc(OCc5ccccc5)nc4OCc4ccccc4)nn(C)c3c2)CC1. The molecular weight excluding hydrogens is 663 g/mol. The van der Waals surface area contributed by atoms with Crippen molar-refractivity contribution in [3.63, 3.8) is 0 Å². The highest BCUT2D eigenvalue weighted by molar-refractivity contribution is 5.96. The van der Waals surface area contributed by atoms with Crippen LogP contribution in [0.5, 0.6) is 11.8 Å². The molecule has 276 valence electrons. The number of aromatic nitrogens is 3. The van der Waals surface area contributed by atoms with Gasteiger partial charge in [0.15, 0.2) is 0 Å². The molecular formula is C44H51N5O4. The van der Waals surface area contributed by atoms with Crippen LogP contribution in [0, 0.1) is 5.92 Å². The van der Waals surface area contributed by atoms with E-state index < -0.39 is 5.60 Å². The summed E-state index contributed by atoms with van der Waals surface area (Å²) in [5.74, 6) is 1.55. The van der Waals surface area contributed by atoms with Crippen LogP contribution in [0.1, 0.15) is 63.6 Å². The smallest absolute Gasteiger partial charge is 0.410 e. The number of aryl methyl sites for hydroxylation is 1. The third-order valence-corrected chi connectivity index (χ3v) is 10.5. The van der Waals surface area contributed by atoms with E-state index in [0.717, 1.165) is 78.7 Å². The number of benzene rings is 3. The Balaban J connectivity index is 1.05.